The van der Waals surface area contributed by atoms with Crippen LogP contribution in [0.5, 0.6) is 11.5 Å². The molecule has 4 N–H and O–H groups in total. The lowest BCUT2D eigenvalue weighted by atomic mass is 10.1. The molecule has 0 aliphatic carbocycles. The van der Waals surface area contributed by atoms with Crippen molar-refractivity contribution in [2.75, 3.05) is 19.0 Å². The lowest BCUT2D eigenvalue weighted by Crippen LogP contribution is -2.11. The number of anilines is 1. The van der Waals surface area contributed by atoms with Crippen LogP contribution in [0.2, 0.25) is 0 Å². The predicted octanol–water partition coefficient (Wildman–Crippen LogP) is 2.25. The molecule has 106 valence electrons. The Balaban J connectivity index is 2.36. The molecule has 0 atom stereocenters. The van der Waals surface area contributed by atoms with Gasteiger partial charge in [-0.3, -0.25) is 4.79 Å². The van der Waals surface area contributed by atoms with Crippen molar-refractivity contribution in [2.45, 2.75) is 32.1 Å². The number of rotatable bonds is 8. The van der Waals surface area contributed by atoms with Gasteiger partial charge < -0.3 is 20.9 Å². The van der Waals surface area contributed by atoms with Gasteiger partial charge in [-0.1, -0.05) is 12.8 Å². The Bertz CT molecular complexity index is 408. The van der Waals surface area contributed by atoms with E-state index >= 15 is 0 Å². The van der Waals surface area contributed by atoms with Gasteiger partial charge in [-0.2, -0.15) is 0 Å². The van der Waals surface area contributed by atoms with E-state index in [1.165, 1.54) is 13.2 Å². The number of amides is 1. The van der Waals surface area contributed by atoms with Crippen LogP contribution >= 0.6 is 0 Å². The molecule has 0 heterocycles. The minimum atomic E-state index is -0.0896. The molecule has 0 radical (unpaired) electrons. The van der Waals surface area contributed by atoms with Crippen molar-refractivity contribution < 1.29 is 14.6 Å². The molecule has 0 aliphatic heterocycles. The second-order valence-electron chi connectivity index (χ2n) is 4.38. The fourth-order valence-corrected chi connectivity index (χ4v) is 1.74. The molecule has 5 nitrogen and oxygen atoms in total. The highest BCUT2D eigenvalue weighted by molar-refractivity contribution is 5.92. The molecule has 0 aliphatic rings. The van der Waals surface area contributed by atoms with E-state index in [4.69, 9.17) is 10.5 Å². The third-order valence-electron chi connectivity index (χ3n) is 2.84. The molecule has 0 aromatic heterocycles. The number of nitrogens with one attached hydrogen (secondary N) is 1. The van der Waals surface area contributed by atoms with E-state index in [-0.39, 0.29) is 11.7 Å². The van der Waals surface area contributed by atoms with Gasteiger partial charge in [0.25, 0.3) is 0 Å². The summed E-state index contributed by atoms with van der Waals surface area (Å²) < 4.78 is 4.97. The quantitative estimate of drug-likeness (QED) is 0.497. The summed E-state index contributed by atoms with van der Waals surface area (Å²) in [4.78, 5) is 11.7. The Kier molecular flexibility index (Phi) is 6.74. The van der Waals surface area contributed by atoms with Gasteiger partial charge in [-0.15, -0.1) is 0 Å². The van der Waals surface area contributed by atoms with Crippen molar-refractivity contribution >= 4 is 11.6 Å². The van der Waals surface area contributed by atoms with Crippen LogP contribution in [-0.2, 0) is 4.79 Å². The van der Waals surface area contributed by atoms with E-state index < -0.39 is 0 Å². The monoisotopic (exact) mass is 266 g/mol. The van der Waals surface area contributed by atoms with Gasteiger partial charge in [0.05, 0.1) is 12.8 Å². The summed E-state index contributed by atoms with van der Waals surface area (Å²) in [6, 6.07) is 4.79. The van der Waals surface area contributed by atoms with Crippen molar-refractivity contribution in [3.05, 3.63) is 18.2 Å². The van der Waals surface area contributed by atoms with Gasteiger partial charge in [0.2, 0.25) is 5.91 Å². The largest absolute Gasteiger partial charge is 0.506 e. The fraction of sp³-hybridized carbons (Fsp3) is 0.500. The highest BCUT2D eigenvalue weighted by Crippen LogP contribution is 2.27. The molecule has 0 spiro atoms. The fourth-order valence-electron chi connectivity index (χ4n) is 1.74. The zero-order valence-electron chi connectivity index (χ0n) is 11.3. The third kappa shape index (κ3) is 5.61. The number of carbonyl (C=O) groups excluding carboxylic acids is 1. The van der Waals surface area contributed by atoms with Crippen LogP contribution in [0.3, 0.4) is 0 Å². The lowest BCUT2D eigenvalue weighted by molar-refractivity contribution is -0.116. The Labute approximate surface area is 113 Å². The molecular formula is C14H22N2O3. The number of aromatic hydroxyl groups is 1. The Hall–Kier alpha value is -1.75. The van der Waals surface area contributed by atoms with Crippen molar-refractivity contribution in [3.8, 4) is 11.5 Å². The number of nitrogens with two attached hydrogens (primary N) is 1. The summed E-state index contributed by atoms with van der Waals surface area (Å²) >= 11 is 0. The first-order valence-corrected chi connectivity index (χ1v) is 6.54. The normalized spacial score (nSPS) is 10.2. The first-order chi connectivity index (χ1) is 9.17. The first-order valence-electron chi connectivity index (χ1n) is 6.54. The minimum absolute atomic E-state index is 0.0100. The van der Waals surface area contributed by atoms with Crippen LogP contribution in [-0.4, -0.2) is 24.7 Å². The molecule has 0 saturated carbocycles. The van der Waals surface area contributed by atoms with Gasteiger partial charge in [0.15, 0.2) is 0 Å². The molecule has 1 rings (SSSR count). The van der Waals surface area contributed by atoms with Gasteiger partial charge in [0, 0.05) is 12.5 Å². The van der Waals surface area contributed by atoms with Crippen molar-refractivity contribution in [1.29, 1.82) is 0 Å². The summed E-state index contributed by atoms with van der Waals surface area (Å²) in [7, 11) is 1.52. The standard InChI is InChI=1S/C14H22N2O3/c1-19-11-7-8-12(13(17)10-11)16-14(18)6-4-2-3-5-9-15/h7-8,10,17H,2-6,9,15H2,1H3,(H,16,18). The Morgan fingerprint density at radius 3 is 2.68 bits per heavy atom. The molecule has 1 aromatic carbocycles. The van der Waals surface area contributed by atoms with E-state index in [9.17, 15) is 9.90 Å². The number of unbranched alkanes of at least 4 members (excludes halogenated alkanes) is 3. The summed E-state index contributed by atoms with van der Waals surface area (Å²) in [5.41, 5.74) is 5.81. The summed E-state index contributed by atoms with van der Waals surface area (Å²) in [6.45, 7) is 0.700. The van der Waals surface area contributed by atoms with Crippen LogP contribution in [0.25, 0.3) is 0 Å². The number of hydrogen-bond acceptors (Lipinski definition) is 4. The van der Waals surface area contributed by atoms with Gasteiger partial charge in [-0.05, 0) is 31.5 Å². The zero-order chi connectivity index (χ0) is 14.1. The highest BCUT2D eigenvalue weighted by Gasteiger charge is 2.07. The Morgan fingerprint density at radius 2 is 2.05 bits per heavy atom. The van der Waals surface area contributed by atoms with E-state index in [0.29, 0.717) is 24.4 Å². The number of phenolic OH excluding ortho intramolecular Hbond substituents is 1. The van der Waals surface area contributed by atoms with Crippen molar-refractivity contribution in [3.63, 3.8) is 0 Å². The SMILES string of the molecule is COc1ccc(NC(=O)CCCCCCN)c(O)c1. The first kappa shape index (κ1) is 15.3. The minimum Gasteiger partial charge on any atom is -0.506 e. The maximum Gasteiger partial charge on any atom is 0.224 e. The molecule has 0 bridgehead atoms. The second-order valence-corrected chi connectivity index (χ2v) is 4.38. The number of hydrogen-bond donors (Lipinski definition) is 3. The van der Waals surface area contributed by atoms with Crippen molar-refractivity contribution in [2.24, 2.45) is 5.73 Å². The number of carbonyl (C=O) groups is 1. The smallest absolute Gasteiger partial charge is 0.224 e. The maximum absolute atomic E-state index is 11.7. The lowest BCUT2D eigenvalue weighted by Gasteiger charge is -2.08. The van der Waals surface area contributed by atoms with Crippen LogP contribution in [0, 0.1) is 0 Å². The van der Waals surface area contributed by atoms with Crippen LogP contribution in [0.15, 0.2) is 18.2 Å². The summed E-state index contributed by atoms with van der Waals surface area (Å²) in [6.07, 6.45) is 4.34. The third-order valence-corrected chi connectivity index (χ3v) is 2.84. The Morgan fingerprint density at radius 1 is 1.32 bits per heavy atom. The number of methoxy groups -OCH3 is 1. The predicted molar refractivity (Wildman–Crippen MR) is 75.4 cm³/mol. The molecule has 0 saturated heterocycles. The van der Waals surface area contributed by atoms with E-state index in [1.807, 2.05) is 0 Å². The maximum atomic E-state index is 11.7. The molecule has 19 heavy (non-hydrogen) atoms. The molecular weight excluding hydrogens is 244 g/mol. The highest BCUT2D eigenvalue weighted by atomic mass is 16.5. The van der Waals surface area contributed by atoms with E-state index in [0.717, 1.165) is 25.7 Å². The van der Waals surface area contributed by atoms with Crippen LogP contribution in [0.1, 0.15) is 32.1 Å². The number of ether oxygens (including phenoxy) is 1. The average molecular weight is 266 g/mol. The van der Waals surface area contributed by atoms with E-state index in [2.05, 4.69) is 5.32 Å². The zero-order valence-corrected chi connectivity index (χ0v) is 11.3. The van der Waals surface area contributed by atoms with E-state index in [1.54, 1.807) is 12.1 Å². The molecule has 1 amide bonds. The second kappa shape index (κ2) is 8.37. The number of phenols is 1. The topological polar surface area (TPSA) is 84.6 Å². The molecule has 0 fully saturated rings. The van der Waals surface area contributed by atoms with Gasteiger partial charge in [-0.25, -0.2) is 0 Å². The van der Waals surface area contributed by atoms with Gasteiger partial charge in [0.1, 0.15) is 11.5 Å². The molecule has 0 unspecified atom stereocenters. The average Bonchev–Trinajstić information content (AvgIpc) is 2.41. The van der Waals surface area contributed by atoms with Crippen LogP contribution in [0.4, 0.5) is 5.69 Å². The number of benzene rings is 1. The molecule has 1 aromatic rings. The van der Waals surface area contributed by atoms with Gasteiger partial charge >= 0.3 is 0 Å². The summed E-state index contributed by atoms with van der Waals surface area (Å²) in [5, 5.41) is 12.4. The van der Waals surface area contributed by atoms with Crippen LogP contribution < -0.4 is 15.8 Å². The molecule has 5 heteroatoms. The van der Waals surface area contributed by atoms with Crippen molar-refractivity contribution in [1.82, 2.24) is 0 Å². The summed E-state index contributed by atoms with van der Waals surface area (Å²) in [5.74, 6) is 0.473.